The number of nitrogens with one attached hydrogen (secondary N) is 1. The minimum Gasteiger partial charge on any atom is -0.406 e. The molecule has 9 heteroatoms. The molecule has 1 heterocycles. The van der Waals surface area contributed by atoms with Crippen molar-refractivity contribution in [2.75, 3.05) is 5.73 Å². The molecule has 3 aromatic rings. The van der Waals surface area contributed by atoms with Gasteiger partial charge in [0, 0.05) is 11.6 Å². The molecule has 0 bridgehead atoms. The Morgan fingerprint density at radius 2 is 1.97 bits per heavy atom. The number of hydrogen-bond acceptors (Lipinski definition) is 6. The lowest BCUT2D eigenvalue weighted by molar-refractivity contribution is 0.183. The number of aromatic nitrogens is 2. The van der Waals surface area contributed by atoms with Gasteiger partial charge in [0.25, 0.3) is 0 Å². The second kappa shape index (κ2) is 9.08. The van der Waals surface area contributed by atoms with E-state index < -0.39 is 0 Å². The van der Waals surface area contributed by atoms with Crippen LogP contribution in [0.3, 0.4) is 0 Å². The van der Waals surface area contributed by atoms with Gasteiger partial charge in [-0.15, -0.1) is 5.10 Å². The summed E-state index contributed by atoms with van der Waals surface area (Å²) in [7, 11) is 0. The molecule has 0 radical (unpaired) electrons. The summed E-state index contributed by atoms with van der Waals surface area (Å²) in [6.07, 6.45) is 0. The third-order valence-corrected chi connectivity index (χ3v) is 4.61. The van der Waals surface area contributed by atoms with Crippen LogP contribution < -0.4 is 11.1 Å². The Morgan fingerprint density at radius 1 is 1.24 bits per heavy atom. The highest BCUT2D eigenvalue weighted by Crippen LogP contribution is 2.22. The van der Waals surface area contributed by atoms with E-state index in [2.05, 4.69) is 21.6 Å². The fourth-order valence-corrected chi connectivity index (χ4v) is 3.08. The van der Waals surface area contributed by atoms with E-state index in [0.29, 0.717) is 10.6 Å². The molecule has 3 N–H and O–H groups in total. The average molecular weight is 411 g/mol. The molecule has 3 rings (SSSR count). The minimum atomic E-state index is -0.335. The normalized spacial score (nSPS) is 11.5. The number of halogens is 1. The topological polar surface area (TPSA) is 121 Å². The van der Waals surface area contributed by atoms with Crippen molar-refractivity contribution < 1.29 is 9.21 Å². The van der Waals surface area contributed by atoms with Gasteiger partial charge in [0.2, 0.25) is 5.89 Å². The van der Waals surface area contributed by atoms with E-state index in [-0.39, 0.29) is 37.1 Å². The molecule has 8 nitrogen and oxygen atoms in total. The molecule has 1 unspecified atom stereocenters. The van der Waals surface area contributed by atoms with Crippen molar-refractivity contribution in [2.24, 2.45) is 0 Å². The van der Waals surface area contributed by atoms with Gasteiger partial charge in [-0.2, -0.15) is 5.26 Å². The Kier molecular flexibility index (Phi) is 6.32. The van der Waals surface area contributed by atoms with Crippen molar-refractivity contribution in [1.82, 2.24) is 20.4 Å². The van der Waals surface area contributed by atoms with Gasteiger partial charge in [0.1, 0.15) is 6.54 Å². The molecular weight excluding hydrogens is 392 g/mol. The standard InChI is InChI=1S/C20H19ClN6O2/c1-13(16-4-2-3-5-17(16)21)24-20(28)27(12-18-25-26-19(23)29-18)11-15-8-6-14(10-22)7-9-15/h2-9,13H,11-12H2,1H3,(H2,23,26)(H,24,28). The van der Waals surface area contributed by atoms with Crippen LogP contribution >= 0.6 is 11.6 Å². The van der Waals surface area contributed by atoms with Crippen LogP contribution in [0.1, 0.15) is 35.5 Å². The van der Waals surface area contributed by atoms with Gasteiger partial charge in [-0.25, -0.2) is 4.79 Å². The number of urea groups is 1. The summed E-state index contributed by atoms with van der Waals surface area (Å²) in [5.41, 5.74) is 7.68. The molecule has 0 saturated carbocycles. The number of hydrogen-bond donors (Lipinski definition) is 2. The summed E-state index contributed by atoms with van der Waals surface area (Å²) in [6, 6.07) is 15.7. The zero-order valence-corrected chi connectivity index (χ0v) is 16.4. The fourth-order valence-electron chi connectivity index (χ4n) is 2.78. The van der Waals surface area contributed by atoms with Crippen molar-refractivity contribution in [3.05, 3.63) is 76.1 Å². The number of nitrogens with zero attached hydrogens (tertiary/aromatic N) is 4. The molecule has 0 aliphatic carbocycles. The van der Waals surface area contributed by atoms with E-state index in [1.165, 1.54) is 4.90 Å². The van der Waals surface area contributed by atoms with Crippen LogP contribution in [0.2, 0.25) is 5.02 Å². The molecule has 0 aliphatic heterocycles. The Labute approximate surface area is 172 Å². The lowest BCUT2D eigenvalue weighted by Crippen LogP contribution is -2.40. The summed E-state index contributed by atoms with van der Waals surface area (Å²) < 4.78 is 5.22. The predicted octanol–water partition coefficient (Wildman–Crippen LogP) is 3.65. The highest BCUT2D eigenvalue weighted by molar-refractivity contribution is 6.31. The Bertz CT molecular complexity index is 1030. The predicted molar refractivity (Wildman–Crippen MR) is 108 cm³/mol. The maximum atomic E-state index is 13.0. The zero-order chi connectivity index (χ0) is 20.8. The van der Waals surface area contributed by atoms with E-state index in [4.69, 9.17) is 27.0 Å². The Hall–Kier alpha value is -3.57. The van der Waals surface area contributed by atoms with Gasteiger partial charge >= 0.3 is 12.0 Å². The highest BCUT2D eigenvalue weighted by Gasteiger charge is 2.21. The smallest absolute Gasteiger partial charge is 0.318 e. The first-order valence-electron chi connectivity index (χ1n) is 8.83. The summed E-state index contributed by atoms with van der Waals surface area (Å²) in [4.78, 5) is 14.5. The lowest BCUT2D eigenvalue weighted by Gasteiger charge is -2.24. The van der Waals surface area contributed by atoms with E-state index in [0.717, 1.165) is 11.1 Å². The van der Waals surface area contributed by atoms with Crippen molar-refractivity contribution in [3.8, 4) is 6.07 Å². The van der Waals surface area contributed by atoms with Crippen molar-refractivity contribution >= 4 is 23.6 Å². The number of nitrogens with two attached hydrogens (primary N) is 1. The Balaban J connectivity index is 1.78. The first-order chi connectivity index (χ1) is 14.0. The van der Waals surface area contributed by atoms with Crippen LogP contribution in [0.4, 0.5) is 10.8 Å². The molecule has 2 amide bonds. The molecule has 1 aromatic heterocycles. The van der Waals surface area contributed by atoms with Gasteiger partial charge in [-0.3, -0.25) is 0 Å². The molecule has 148 valence electrons. The lowest BCUT2D eigenvalue weighted by atomic mass is 10.1. The molecular formula is C20H19ClN6O2. The van der Waals surface area contributed by atoms with Crippen LogP contribution in [-0.2, 0) is 13.1 Å². The van der Waals surface area contributed by atoms with E-state index >= 15 is 0 Å². The SMILES string of the molecule is CC(NC(=O)N(Cc1ccc(C#N)cc1)Cc1nnc(N)o1)c1ccccc1Cl. The largest absolute Gasteiger partial charge is 0.406 e. The van der Waals surface area contributed by atoms with E-state index in [1.807, 2.05) is 25.1 Å². The number of benzene rings is 2. The van der Waals surface area contributed by atoms with Crippen molar-refractivity contribution in [1.29, 1.82) is 5.26 Å². The van der Waals surface area contributed by atoms with Crippen LogP contribution in [0.15, 0.2) is 52.9 Å². The maximum Gasteiger partial charge on any atom is 0.318 e. The second-order valence-electron chi connectivity index (χ2n) is 6.39. The van der Waals surface area contributed by atoms with Gasteiger partial charge in [0.15, 0.2) is 0 Å². The molecule has 29 heavy (non-hydrogen) atoms. The second-order valence-corrected chi connectivity index (χ2v) is 6.80. The number of nitriles is 1. The molecule has 2 aromatic carbocycles. The van der Waals surface area contributed by atoms with Gasteiger partial charge < -0.3 is 20.4 Å². The van der Waals surface area contributed by atoms with E-state index in [9.17, 15) is 4.79 Å². The van der Waals surface area contributed by atoms with Crippen LogP contribution in [0.5, 0.6) is 0 Å². The van der Waals surface area contributed by atoms with Gasteiger partial charge in [-0.05, 0) is 36.2 Å². The summed E-state index contributed by atoms with van der Waals surface area (Å²) in [5.74, 6) is 0.219. The van der Waals surface area contributed by atoms with Crippen molar-refractivity contribution in [3.63, 3.8) is 0 Å². The number of rotatable bonds is 6. The van der Waals surface area contributed by atoms with Gasteiger partial charge in [-0.1, -0.05) is 47.0 Å². The molecule has 0 saturated heterocycles. The molecule has 1 atom stereocenters. The van der Waals surface area contributed by atoms with Crippen molar-refractivity contribution in [2.45, 2.75) is 26.1 Å². The minimum absolute atomic E-state index is 0.0665. The van der Waals surface area contributed by atoms with Crippen LogP contribution in [0.25, 0.3) is 0 Å². The van der Waals surface area contributed by atoms with Gasteiger partial charge in [0.05, 0.1) is 17.7 Å². The zero-order valence-electron chi connectivity index (χ0n) is 15.7. The first kappa shape index (κ1) is 20.2. The number of carbonyl (C=O) groups excluding carboxylic acids is 1. The summed E-state index contributed by atoms with van der Waals surface area (Å²) in [5, 5.41) is 19.9. The van der Waals surface area contributed by atoms with E-state index in [1.54, 1.807) is 30.3 Å². The summed E-state index contributed by atoms with van der Waals surface area (Å²) >= 11 is 6.23. The molecule has 0 spiro atoms. The maximum absolute atomic E-state index is 13.0. The monoisotopic (exact) mass is 410 g/mol. The highest BCUT2D eigenvalue weighted by atomic mass is 35.5. The first-order valence-corrected chi connectivity index (χ1v) is 9.21. The fraction of sp³-hybridized carbons (Fsp3) is 0.200. The number of anilines is 1. The quantitative estimate of drug-likeness (QED) is 0.639. The van der Waals surface area contributed by atoms with Crippen LogP contribution in [0, 0.1) is 11.3 Å². The number of amides is 2. The number of carbonyl (C=O) groups is 1. The molecule has 0 aliphatic rings. The van der Waals surface area contributed by atoms with Crippen LogP contribution in [-0.4, -0.2) is 21.1 Å². The Morgan fingerprint density at radius 3 is 2.59 bits per heavy atom. The number of nitrogen functional groups attached to an aromatic ring is 1. The summed E-state index contributed by atoms with van der Waals surface area (Å²) in [6.45, 7) is 2.20. The average Bonchev–Trinajstić information content (AvgIpc) is 3.13. The third kappa shape index (κ3) is 5.24. The molecule has 0 fully saturated rings. The third-order valence-electron chi connectivity index (χ3n) is 4.26.